The Hall–Kier alpha value is -3.06. The lowest BCUT2D eigenvalue weighted by atomic mass is 10.2. The van der Waals surface area contributed by atoms with Crippen LogP contribution in [-0.4, -0.2) is 39.7 Å². The number of hydrogen-bond acceptors (Lipinski definition) is 5. The number of thioether (sulfide) groups is 1. The molecule has 0 saturated carbocycles. The zero-order chi connectivity index (χ0) is 22.5. The molecule has 162 valence electrons. The molecule has 2 heterocycles. The van der Waals surface area contributed by atoms with E-state index in [2.05, 4.69) is 6.58 Å². The highest BCUT2D eigenvalue weighted by molar-refractivity contribution is 8.18. The van der Waals surface area contributed by atoms with Gasteiger partial charge >= 0.3 is 5.97 Å². The van der Waals surface area contributed by atoms with Crippen LogP contribution in [0.5, 0.6) is 0 Å². The summed E-state index contributed by atoms with van der Waals surface area (Å²) in [5.41, 5.74) is 4.20. The maximum Gasteiger partial charge on any atom is 0.338 e. The summed E-state index contributed by atoms with van der Waals surface area (Å²) in [6.07, 6.45) is 5.11. The molecular formula is C24H26N2O4S. The van der Waals surface area contributed by atoms with Gasteiger partial charge in [0.15, 0.2) is 0 Å². The van der Waals surface area contributed by atoms with Crippen molar-refractivity contribution in [3.05, 3.63) is 70.4 Å². The fraction of sp³-hybridized carbons (Fsp3) is 0.292. The molecule has 0 bridgehead atoms. The Morgan fingerprint density at radius 3 is 2.55 bits per heavy atom. The number of imide groups is 1. The van der Waals surface area contributed by atoms with Gasteiger partial charge in [0.25, 0.3) is 11.1 Å². The van der Waals surface area contributed by atoms with Crippen molar-refractivity contribution in [3.63, 3.8) is 0 Å². The number of carbonyl (C=O) groups is 3. The number of rotatable bonds is 8. The Kier molecular flexibility index (Phi) is 7.17. The maximum atomic E-state index is 12.5. The largest absolute Gasteiger partial charge is 0.462 e. The molecule has 1 fully saturated rings. The molecule has 2 aromatic rings. The van der Waals surface area contributed by atoms with Crippen LogP contribution in [0.25, 0.3) is 11.8 Å². The Morgan fingerprint density at radius 2 is 1.90 bits per heavy atom. The Balaban J connectivity index is 1.84. The minimum Gasteiger partial charge on any atom is -0.462 e. The van der Waals surface area contributed by atoms with Gasteiger partial charge in [-0.3, -0.25) is 14.5 Å². The summed E-state index contributed by atoms with van der Waals surface area (Å²) in [5.74, 6) is -0.623. The predicted octanol–water partition coefficient (Wildman–Crippen LogP) is 5.27. The van der Waals surface area contributed by atoms with E-state index in [9.17, 15) is 14.4 Å². The van der Waals surface area contributed by atoms with Crippen LogP contribution in [-0.2, 0) is 9.53 Å². The fourth-order valence-corrected chi connectivity index (χ4v) is 4.24. The fourth-order valence-electron chi connectivity index (χ4n) is 3.40. The molecule has 1 saturated heterocycles. The van der Waals surface area contributed by atoms with E-state index >= 15 is 0 Å². The first kappa shape index (κ1) is 22.6. The molecule has 0 aliphatic carbocycles. The number of benzene rings is 1. The van der Waals surface area contributed by atoms with Gasteiger partial charge in [-0.05, 0) is 74.0 Å². The normalized spacial score (nSPS) is 15.1. The quantitative estimate of drug-likeness (QED) is 0.243. The van der Waals surface area contributed by atoms with Gasteiger partial charge in [-0.15, -0.1) is 6.58 Å². The lowest BCUT2D eigenvalue weighted by Gasteiger charge is -2.11. The van der Waals surface area contributed by atoms with Gasteiger partial charge in [0.1, 0.15) is 0 Å². The van der Waals surface area contributed by atoms with Crippen LogP contribution < -0.4 is 0 Å². The van der Waals surface area contributed by atoms with E-state index in [0.29, 0.717) is 17.1 Å². The molecule has 0 unspecified atom stereocenters. The van der Waals surface area contributed by atoms with Crippen molar-refractivity contribution < 1.29 is 19.1 Å². The molecule has 0 atom stereocenters. The van der Waals surface area contributed by atoms with Crippen molar-refractivity contribution >= 4 is 35.0 Å². The first-order valence-electron chi connectivity index (χ1n) is 10.2. The SMILES string of the molecule is C=CCN1C(=O)S/C(=C\c2cc(C)n(-c3ccc(C(=O)OCCCC)cc3)c2C)C1=O. The Bertz CT molecular complexity index is 1050. The van der Waals surface area contributed by atoms with E-state index in [1.165, 1.54) is 11.0 Å². The molecule has 1 aromatic carbocycles. The van der Waals surface area contributed by atoms with Crippen LogP contribution in [0.4, 0.5) is 4.79 Å². The van der Waals surface area contributed by atoms with Crippen LogP contribution in [0.15, 0.2) is 47.9 Å². The molecule has 2 amide bonds. The molecule has 1 aromatic heterocycles. The van der Waals surface area contributed by atoms with Crippen molar-refractivity contribution in [2.45, 2.75) is 33.6 Å². The molecule has 6 nitrogen and oxygen atoms in total. The van der Waals surface area contributed by atoms with Crippen LogP contribution >= 0.6 is 11.8 Å². The van der Waals surface area contributed by atoms with E-state index in [4.69, 9.17) is 4.74 Å². The molecule has 1 aliphatic heterocycles. The van der Waals surface area contributed by atoms with E-state index in [0.717, 1.165) is 47.2 Å². The van der Waals surface area contributed by atoms with Crippen molar-refractivity contribution in [2.75, 3.05) is 13.2 Å². The number of esters is 1. The molecule has 31 heavy (non-hydrogen) atoms. The van der Waals surface area contributed by atoms with E-state index in [1.54, 1.807) is 18.2 Å². The van der Waals surface area contributed by atoms with Crippen molar-refractivity contribution in [1.29, 1.82) is 0 Å². The molecule has 0 radical (unpaired) electrons. The highest BCUT2D eigenvalue weighted by atomic mass is 32.2. The van der Waals surface area contributed by atoms with Crippen LogP contribution in [0.3, 0.4) is 0 Å². The van der Waals surface area contributed by atoms with E-state index < -0.39 is 0 Å². The van der Waals surface area contributed by atoms with Crippen LogP contribution in [0.2, 0.25) is 0 Å². The summed E-state index contributed by atoms with van der Waals surface area (Å²) < 4.78 is 7.31. The zero-order valence-corrected chi connectivity index (χ0v) is 18.8. The second kappa shape index (κ2) is 9.83. The lowest BCUT2D eigenvalue weighted by molar-refractivity contribution is -0.122. The predicted molar refractivity (Wildman–Crippen MR) is 123 cm³/mol. The lowest BCUT2D eigenvalue weighted by Crippen LogP contribution is -2.27. The molecule has 0 spiro atoms. The second-order valence-corrected chi connectivity index (χ2v) is 8.27. The maximum absolute atomic E-state index is 12.5. The van der Waals surface area contributed by atoms with Crippen molar-refractivity contribution in [1.82, 2.24) is 9.47 Å². The molecule has 1 aliphatic rings. The number of amides is 2. The monoisotopic (exact) mass is 438 g/mol. The van der Waals surface area contributed by atoms with Gasteiger partial charge in [-0.25, -0.2) is 4.79 Å². The number of unbranched alkanes of at least 4 members (excludes halogenated alkanes) is 1. The van der Waals surface area contributed by atoms with Crippen LogP contribution in [0, 0.1) is 13.8 Å². The zero-order valence-electron chi connectivity index (χ0n) is 18.0. The minimum absolute atomic E-state index is 0.203. The highest BCUT2D eigenvalue weighted by Crippen LogP contribution is 2.33. The second-order valence-electron chi connectivity index (χ2n) is 7.28. The summed E-state index contributed by atoms with van der Waals surface area (Å²) in [7, 11) is 0. The smallest absolute Gasteiger partial charge is 0.338 e. The van der Waals surface area contributed by atoms with Crippen molar-refractivity contribution in [3.8, 4) is 5.69 Å². The summed E-state index contributed by atoms with van der Waals surface area (Å²) in [5, 5.41) is -0.286. The average molecular weight is 439 g/mol. The summed E-state index contributed by atoms with van der Waals surface area (Å²) in [6.45, 7) is 10.2. The third-order valence-electron chi connectivity index (χ3n) is 5.03. The summed E-state index contributed by atoms with van der Waals surface area (Å²) >= 11 is 0.939. The number of nitrogens with zero attached hydrogens (tertiary/aromatic N) is 2. The van der Waals surface area contributed by atoms with Gasteiger partial charge in [-0.1, -0.05) is 19.4 Å². The van der Waals surface area contributed by atoms with Gasteiger partial charge in [0.2, 0.25) is 0 Å². The minimum atomic E-state index is -0.322. The topological polar surface area (TPSA) is 68.6 Å². The molecular weight excluding hydrogens is 412 g/mol. The molecule has 7 heteroatoms. The first-order valence-corrected chi connectivity index (χ1v) is 11.0. The number of ether oxygens (including phenoxy) is 1. The Labute approximate surface area is 186 Å². The highest BCUT2D eigenvalue weighted by Gasteiger charge is 2.34. The van der Waals surface area contributed by atoms with Crippen molar-refractivity contribution in [2.24, 2.45) is 0 Å². The number of hydrogen-bond donors (Lipinski definition) is 0. The molecule has 3 rings (SSSR count). The van der Waals surface area contributed by atoms with Gasteiger partial charge in [0.05, 0.1) is 17.1 Å². The average Bonchev–Trinajstić information content (AvgIpc) is 3.18. The number of aromatic nitrogens is 1. The summed E-state index contributed by atoms with van der Waals surface area (Å²) in [6, 6.07) is 9.23. The first-order chi connectivity index (χ1) is 14.9. The van der Waals surface area contributed by atoms with Gasteiger partial charge < -0.3 is 9.30 Å². The van der Waals surface area contributed by atoms with Crippen LogP contribution in [0.1, 0.15) is 47.1 Å². The number of carbonyl (C=O) groups excluding carboxylic acids is 3. The Morgan fingerprint density at radius 1 is 1.19 bits per heavy atom. The standard InChI is InChI=1S/C24H26N2O4S/c1-5-7-13-30-23(28)18-8-10-20(11-9-18)26-16(3)14-19(17(26)4)15-21-22(27)25(12-6-2)24(29)31-21/h6,8-11,14-15H,2,5,7,12-13H2,1,3-4H3/b21-15-. The van der Waals surface area contributed by atoms with Gasteiger partial charge in [0, 0.05) is 23.6 Å². The number of aryl methyl sites for hydroxylation is 1. The van der Waals surface area contributed by atoms with E-state index in [1.807, 2.05) is 43.5 Å². The third-order valence-corrected chi connectivity index (χ3v) is 5.94. The van der Waals surface area contributed by atoms with Gasteiger partial charge in [-0.2, -0.15) is 0 Å². The van der Waals surface area contributed by atoms with E-state index in [-0.39, 0.29) is 23.7 Å². The molecule has 0 N–H and O–H groups in total. The third kappa shape index (κ3) is 4.82. The summed E-state index contributed by atoms with van der Waals surface area (Å²) in [4.78, 5) is 38.3.